The number of non-ortho nitro benzene ring substituents is 1. The Kier molecular flexibility index (Phi) is 4.19. The smallest absolute Gasteiger partial charge is 0.258 e. The van der Waals surface area contributed by atoms with Crippen molar-refractivity contribution in [2.24, 2.45) is 0 Å². The molecule has 0 unspecified atom stereocenters. The second kappa shape index (κ2) is 5.42. The van der Waals surface area contributed by atoms with Crippen LogP contribution in [0.25, 0.3) is 10.8 Å². The zero-order valence-corrected chi connectivity index (χ0v) is 9.73. The summed E-state index contributed by atoms with van der Waals surface area (Å²) in [4.78, 5) is 14.1. The fourth-order valence-electron chi connectivity index (χ4n) is 1.31. The van der Waals surface area contributed by atoms with E-state index >= 15 is 0 Å². The first-order valence-corrected chi connectivity index (χ1v) is 5.25. The summed E-state index contributed by atoms with van der Waals surface area (Å²) in [5.41, 5.74) is 0.0480. The van der Waals surface area contributed by atoms with Crippen LogP contribution in [0, 0.1) is 10.1 Å². The summed E-state index contributed by atoms with van der Waals surface area (Å²) in [5.74, 6) is 0. The van der Waals surface area contributed by atoms with Gasteiger partial charge in [-0.25, -0.2) is 4.98 Å². The van der Waals surface area contributed by atoms with E-state index in [1.54, 1.807) is 18.2 Å². The van der Waals surface area contributed by atoms with Gasteiger partial charge in [-0.1, -0.05) is 37.6 Å². The van der Waals surface area contributed by atoms with Crippen molar-refractivity contribution >= 4 is 28.1 Å². The second-order valence-electron chi connectivity index (χ2n) is 2.73. The lowest BCUT2D eigenvalue weighted by molar-refractivity contribution is -0.383. The van der Waals surface area contributed by atoms with E-state index in [4.69, 9.17) is 11.6 Å². The molecule has 0 atom stereocenters. The highest BCUT2D eigenvalue weighted by Crippen LogP contribution is 2.28. The van der Waals surface area contributed by atoms with Crippen LogP contribution >= 0.6 is 11.6 Å². The van der Waals surface area contributed by atoms with E-state index in [0.717, 1.165) is 0 Å². The van der Waals surface area contributed by atoms with Gasteiger partial charge in [-0.3, -0.25) is 10.1 Å². The highest BCUT2D eigenvalue weighted by Gasteiger charge is 2.12. The molecule has 0 aliphatic carbocycles. The van der Waals surface area contributed by atoms with Crippen LogP contribution < -0.4 is 0 Å². The molecule has 1 aromatic heterocycles. The fraction of sp³-hybridized carbons (Fsp3) is 0.182. The van der Waals surface area contributed by atoms with Gasteiger partial charge in [0, 0.05) is 17.6 Å². The third kappa shape index (κ3) is 2.28. The van der Waals surface area contributed by atoms with Gasteiger partial charge in [-0.2, -0.15) is 0 Å². The number of aromatic nitrogens is 1. The Morgan fingerprint density at radius 2 is 1.94 bits per heavy atom. The van der Waals surface area contributed by atoms with Crippen molar-refractivity contribution in [3.05, 3.63) is 45.7 Å². The second-order valence-corrected chi connectivity index (χ2v) is 3.09. The Balaban J connectivity index is 0.000000606. The summed E-state index contributed by atoms with van der Waals surface area (Å²) in [5, 5.41) is 12.1. The van der Waals surface area contributed by atoms with E-state index < -0.39 is 4.92 Å². The Hall–Kier alpha value is -1.68. The molecule has 0 N–H and O–H groups in total. The molecule has 0 aliphatic rings. The van der Waals surface area contributed by atoms with Crippen LogP contribution in [0.15, 0.2) is 30.5 Å². The highest BCUT2D eigenvalue weighted by atomic mass is 35.5. The number of benzene rings is 1. The molecule has 5 heteroatoms. The molecule has 0 fully saturated rings. The Bertz CT molecular complexity index is 514. The average molecular weight is 239 g/mol. The first kappa shape index (κ1) is 12.4. The van der Waals surface area contributed by atoms with Gasteiger partial charge in [-0.05, 0) is 6.07 Å². The van der Waals surface area contributed by atoms with Crippen molar-refractivity contribution in [2.75, 3.05) is 0 Å². The van der Waals surface area contributed by atoms with Crippen LogP contribution in [0.5, 0.6) is 0 Å². The fourth-order valence-corrected chi connectivity index (χ4v) is 1.54. The third-order valence-electron chi connectivity index (χ3n) is 1.93. The summed E-state index contributed by atoms with van der Waals surface area (Å²) in [6.45, 7) is 4.00. The van der Waals surface area contributed by atoms with Crippen LogP contribution in [-0.2, 0) is 0 Å². The van der Waals surface area contributed by atoms with Crippen molar-refractivity contribution in [3.63, 3.8) is 0 Å². The number of nitrogens with zero attached hydrogens (tertiary/aromatic N) is 2. The largest absolute Gasteiger partial charge is 0.277 e. The lowest BCUT2D eigenvalue weighted by atomic mass is 10.1. The van der Waals surface area contributed by atoms with Gasteiger partial charge in [0.2, 0.25) is 0 Å². The Labute approximate surface area is 98.0 Å². The lowest BCUT2D eigenvalue weighted by Gasteiger charge is -1.99. The molecule has 0 spiro atoms. The zero-order chi connectivity index (χ0) is 12.1. The van der Waals surface area contributed by atoms with Crippen LogP contribution in [0.4, 0.5) is 5.69 Å². The molecule has 16 heavy (non-hydrogen) atoms. The van der Waals surface area contributed by atoms with Crippen molar-refractivity contribution < 1.29 is 4.92 Å². The summed E-state index contributed by atoms with van der Waals surface area (Å²) in [6, 6.07) is 6.32. The highest BCUT2D eigenvalue weighted by molar-refractivity contribution is 6.34. The molecule has 84 valence electrons. The monoisotopic (exact) mass is 238 g/mol. The molecule has 0 aliphatic heterocycles. The zero-order valence-electron chi connectivity index (χ0n) is 8.98. The molecule has 4 nitrogen and oxygen atoms in total. The first-order chi connectivity index (χ1) is 7.70. The molecular weight excluding hydrogens is 228 g/mol. The van der Waals surface area contributed by atoms with E-state index in [1.807, 2.05) is 13.8 Å². The summed E-state index contributed by atoms with van der Waals surface area (Å²) < 4.78 is 0. The topological polar surface area (TPSA) is 56.0 Å². The number of fused-ring (bicyclic) bond motifs is 1. The van der Waals surface area contributed by atoms with E-state index in [0.29, 0.717) is 10.8 Å². The Morgan fingerprint density at radius 3 is 2.56 bits per heavy atom. The predicted octanol–water partition coefficient (Wildman–Crippen LogP) is 3.82. The summed E-state index contributed by atoms with van der Waals surface area (Å²) in [6.07, 6.45) is 1.46. The van der Waals surface area contributed by atoms with Crippen LogP contribution in [0.3, 0.4) is 0 Å². The summed E-state index contributed by atoms with van der Waals surface area (Å²) in [7, 11) is 0. The maximum atomic E-state index is 10.7. The van der Waals surface area contributed by atoms with Gasteiger partial charge in [0.05, 0.1) is 10.3 Å². The van der Waals surface area contributed by atoms with E-state index in [9.17, 15) is 10.1 Å². The maximum absolute atomic E-state index is 10.7. The van der Waals surface area contributed by atoms with Gasteiger partial charge in [0.25, 0.3) is 5.69 Å². The van der Waals surface area contributed by atoms with Gasteiger partial charge in [0.1, 0.15) is 5.15 Å². The quantitative estimate of drug-likeness (QED) is 0.431. The summed E-state index contributed by atoms with van der Waals surface area (Å²) >= 11 is 5.80. The van der Waals surface area contributed by atoms with Gasteiger partial charge < -0.3 is 0 Å². The minimum absolute atomic E-state index is 0.0480. The Morgan fingerprint density at radius 1 is 1.25 bits per heavy atom. The van der Waals surface area contributed by atoms with E-state index in [-0.39, 0.29) is 10.8 Å². The maximum Gasteiger partial charge on any atom is 0.277 e. The standard InChI is InChI=1S/C9H5ClN2O2.C2H6/c10-9-7-2-1-3-8(12(13)14)6(7)4-5-11-9;1-2/h1-5H;1-2H3. The van der Waals surface area contributed by atoms with Crippen LogP contribution in [-0.4, -0.2) is 9.91 Å². The third-order valence-corrected chi connectivity index (χ3v) is 2.23. The van der Waals surface area contributed by atoms with Crippen molar-refractivity contribution in [1.29, 1.82) is 0 Å². The van der Waals surface area contributed by atoms with Crippen molar-refractivity contribution in [3.8, 4) is 0 Å². The lowest BCUT2D eigenvalue weighted by Crippen LogP contribution is -1.89. The molecule has 1 heterocycles. The normalized spacial score (nSPS) is 9.44. The number of pyridine rings is 1. The molecule has 0 radical (unpaired) electrons. The number of nitro benzene ring substituents is 1. The molecular formula is C11H11ClN2O2. The minimum atomic E-state index is -0.432. The van der Waals surface area contributed by atoms with E-state index in [1.165, 1.54) is 12.3 Å². The van der Waals surface area contributed by atoms with Gasteiger partial charge in [-0.15, -0.1) is 0 Å². The van der Waals surface area contributed by atoms with Crippen molar-refractivity contribution in [1.82, 2.24) is 4.98 Å². The number of halogens is 1. The predicted molar refractivity (Wildman–Crippen MR) is 64.8 cm³/mol. The number of nitro groups is 1. The van der Waals surface area contributed by atoms with Gasteiger partial charge >= 0.3 is 0 Å². The molecule has 1 aromatic carbocycles. The van der Waals surface area contributed by atoms with E-state index in [2.05, 4.69) is 4.98 Å². The van der Waals surface area contributed by atoms with Crippen LogP contribution in [0.2, 0.25) is 5.15 Å². The minimum Gasteiger partial charge on any atom is -0.258 e. The van der Waals surface area contributed by atoms with Crippen molar-refractivity contribution in [2.45, 2.75) is 13.8 Å². The molecule has 0 saturated heterocycles. The van der Waals surface area contributed by atoms with Gasteiger partial charge in [0.15, 0.2) is 0 Å². The number of hydrogen-bond acceptors (Lipinski definition) is 3. The molecule has 0 saturated carbocycles. The SMILES string of the molecule is CC.O=[N+]([O-])c1cccc2c(Cl)nccc12. The first-order valence-electron chi connectivity index (χ1n) is 4.88. The average Bonchev–Trinajstić information content (AvgIpc) is 2.31. The van der Waals surface area contributed by atoms with Crippen LogP contribution in [0.1, 0.15) is 13.8 Å². The molecule has 0 bridgehead atoms. The molecule has 2 rings (SSSR count). The molecule has 0 amide bonds. The molecule has 2 aromatic rings. The number of hydrogen-bond donors (Lipinski definition) is 0. The number of rotatable bonds is 1.